The molecule has 0 aromatic carbocycles. The quantitative estimate of drug-likeness (QED) is 0.192. The van der Waals surface area contributed by atoms with Gasteiger partial charge in [-0.1, -0.05) is 13.8 Å². The van der Waals surface area contributed by atoms with E-state index in [0.717, 1.165) is 25.7 Å². The Morgan fingerprint density at radius 2 is 1.54 bits per heavy atom. The van der Waals surface area contributed by atoms with Crippen LogP contribution in [0.4, 0.5) is 0 Å². The average molecular weight is 555 g/mol. The molecule has 1 N–H and O–H groups in total. The van der Waals surface area contributed by atoms with Gasteiger partial charge in [0.1, 0.15) is 12.2 Å². The summed E-state index contributed by atoms with van der Waals surface area (Å²) < 4.78 is 74.5. The van der Waals surface area contributed by atoms with E-state index in [4.69, 9.17) is 4.18 Å². The normalized spacial score (nSPS) is 43.1. The third kappa shape index (κ3) is 6.10. The van der Waals surface area contributed by atoms with Crippen LogP contribution in [0.5, 0.6) is 0 Å². The summed E-state index contributed by atoms with van der Waals surface area (Å²) in [7, 11) is -9.77. The first-order chi connectivity index (χ1) is 15.1. The molecular formula is C21H32Na2O10S2. The van der Waals surface area contributed by atoms with Crippen LogP contribution in [0.25, 0.3) is 0 Å². The Hall–Kier alpha value is 1.37. The molecule has 4 aliphatic carbocycles. The van der Waals surface area contributed by atoms with Crippen LogP contribution in [-0.4, -0.2) is 55.1 Å². The number of Topliss-reactive ketones (excluding diaryl/α,β-unsaturated/α-hetero) is 1. The maximum atomic E-state index is 12.8. The molecule has 4 aliphatic rings. The first kappa shape index (κ1) is 32.6. The zero-order valence-electron chi connectivity index (χ0n) is 20.9. The van der Waals surface area contributed by atoms with E-state index >= 15 is 0 Å². The van der Waals surface area contributed by atoms with Crippen LogP contribution in [0.3, 0.4) is 0 Å². The van der Waals surface area contributed by atoms with Crippen LogP contribution in [0, 0.1) is 34.5 Å². The molecule has 14 heteroatoms. The molecule has 4 saturated carbocycles. The third-order valence-corrected chi connectivity index (χ3v) is 10.7. The number of carbonyl (C=O) groups is 1. The van der Waals surface area contributed by atoms with Gasteiger partial charge < -0.3 is 14.2 Å². The van der Waals surface area contributed by atoms with Crippen molar-refractivity contribution in [3.63, 3.8) is 0 Å². The second-order valence-corrected chi connectivity index (χ2v) is 13.1. The zero-order chi connectivity index (χ0) is 24.4. The second-order valence-electron chi connectivity index (χ2n) is 11.0. The minimum Gasteiger partial charge on any atom is -0.726 e. The molecular weight excluding hydrogens is 522 g/mol. The van der Waals surface area contributed by atoms with E-state index in [1.807, 2.05) is 6.92 Å². The molecule has 0 saturated heterocycles. The number of fused-ring (bicyclic) bond motifs is 5. The van der Waals surface area contributed by atoms with Gasteiger partial charge in [-0.15, -0.1) is 0 Å². The van der Waals surface area contributed by atoms with Crippen LogP contribution < -0.4 is 59.1 Å². The predicted octanol–water partition coefficient (Wildman–Crippen LogP) is -4.34. The fourth-order valence-corrected chi connectivity index (χ4v) is 8.95. The molecule has 190 valence electrons. The minimum atomic E-state index is -5.03. The largest absolute Gasteiger partial charge is 1.00 e. The van der Waals surface area contributed by atoms with Crippen molar-refractivity contribution in [2.24, 2.45) is 34.5 Å². The monoisotopic (exact) mass is 554 g/mol. The minimum absolute atomic E-state index is 0. The molecule has 35 heavy (non-hydrogen) atoms. The molecule has 0 aromatic heterocycles. The van der Waals surface area contributed by atoms with Gasteiger partial charge in [-0.25, -0.2) is 16.8 Å². The summed E-state index contributed by atoms with van der Waals surface area (Å²) in [6, 6.07) is 0. The van der Waals surface area contributed by atoms with Crippen LogP contribution in [0.2, 0.25) is 0 Å². The van der Waals surface area contributed by atoms with Gasteiger partial charge in [0, 0.05) is 5.41 Å². The number of ketones is 1. The first-order valence-corrected chi connectivity index (χ1v) is 14.3. The fourth-order valence-electron chi connectivity index (χ4n) is 8.19. The number of carbonyl (C=O) groups excluding carboxylic acids is 1. The second kappa shape index (κ2) is 11.1. The fraction of sp³-hybridized carbons (Fsp3) is 0.952. The van der Waals surface area contributed by atoms with E-state index < -0.39 is 50.3 Å². The van der Waals surface area contributed by atoms with E-state index in [2.05, 4.69) is 11.1 Å². The van der Waals surface area contributed by atoms with Crippen molar-refractivity contribution in [1.82, 2.24) is 0 Å². The van der Waals surface area contributed by atoms with E-state index in [1.54, 1.807) is 0 Å². The summed E-state index contributed by atoms with van der Waals surface area (Å²) in [5.41, 5.74) is -2.51. The standard InChI is InChI=1S/C21H34O10S2.2Na/c1-19-8-5-14(31-33(27,28)29)11-13(19)3-4-15-16(19)6-9-20(2)17(15)7-10-21(20,23)18(22)12-30-32(24,25)26;;/h13-17,23H,3-12H2,1-2H3,(H,24,25,26)(H,27,28,29);;/q;2*+1/p-2/t13-,14-,15-,16+,17+,19+,20+,21+;;/m1../s1. The smallest absolute Gasteiger partial charge is 0.726 e. The van der Waals surface area contributed by atoms with Gasteiger partial charge in [-0.05, 0) is 86.9 Å². The molecule has 0 aromatic rings. The molecule has 10 nitrogen and oxygen atoms in total. The summed E-state index contributed by atoms with van der Waals surface area (Å²) in [5, 5.41) is 11.4. The first-order valence-electron chi connectivity index (χ1n) is 11.6. The Bertz CT molecular complexity index is 1020. The summed E-state index contributed by atoms with van der Waals surface area (Å²) >= 11 is 0. The van der Waals surface area contributed by atoms with Crippen molar-refractivity contribution < 1.29 is 103 Å². The van der Waals surface area contributed by atoms with E-state index in [9.17, 15) is 35.8 Å². The molecule has 8 atom stereocenters. The predicted molar refractivity (Wildman–Crippen MR) is 112 cm³/mol. The van der Waals surface area contributed by atoms with Crippen LogP contribution in [0.15, 0.2) is 0 Å². The maximum Gasteiger partial charge on any atom is 1.00 e. The average Bonchev–Trinajstić information content (AvgIpc) is 2.97. The number of hydrogen-bond acceptors (Lipinski definition) is 10. The van der Waals surface area contributed by atoms with Gasteiger partial charge in [-0.3, -0.25) is 13.2 Å². The molecule has 0 unspecified atom stereocenters. The summed E-state index contributed by atoms with van der Waals surface area (Å²) in [6.07, 6.45) is 5.14. The summed E-state index contributed by atoms with van der Waals surface area (Å²) in [4.78, 5) is 12.8. The molecule has 0 bridgehead atoms. The number of aliphatic hydroxyl groups is 1. The molecule has 4 rings (SSSR count). The third-order valence-electron chi connectivity index (χ3n) is 9.82. The summed E-state index contributed by atoms with van der Waals surface area (Å²) in [6.45, 7) is 3.17. The zero-order valence-corrected chi connectivity index (χ0v) is 26.5. The van der Waals surface area contributed by atoms with Crippen molar-refractivity contribution in [2.75, 3.05) is 6.61 Å². The maximum absolute atomic E-state index is 12.8. The Morgan fingerprint density at radius 1 is 0.914 bits per heavy atom. The van der Waals surface area contributed by atoms with Crippen molar-refractivity contribution in [3.05, 3.63) is 0 Å². The van der Waals surface area contributed by atoms with Crippen molar-refractivity contribution in [2.45, 2.75) is 83.3 Å². The van der Waals surface area contributed by atoms with Crippen molar-refractivity contribution in [1.29, 1.82) is 0 Å². The van der Waals surface area contributed by atoms with Gasteiger partial charge in [0.25, 0.3) is 0 Å². The summed E-state index contributed by atoms with van der Waals surface area (Å²) in [5.74, 6) is 0.164. The van der Waals surface area contributed by atoms with Crippen LogP contribution >= 0.6 is 0 Å². The molecule has 0 aliphatic heterocycles. The topological polar surface area (TPSA) is 170 Å². The van der Waals surface area contributed by atoms with E-state index in [1.165, 1.54) is 0 Å². The molecule has 0 heterocycles. The van der Waals surface area contributed by atoms with Crippen LogP contribution in [0.1, 0.15) is 71.6 Å². The number of rotatable bonds is 6. The van der Waals surface area contributed by atoms with E-state index in [0.29, 0.717) is 31.6 Å². The Balaban J connectivity index is 0.00000216. The Labute approximate surface area is 252 Å². The van der Waals surface area contributed by atoms with Gasteiger partial charge in [0.05, 0.1) is 6.10 Å². The van der Waals surface area contributed by atoms with Crippen molar-refractivity contribution >= 4 is 26.6 Å². The Kier molecular flexibility index (Phi) is 10.3. The van der Waals surface area contributed by atoms with Gasteiger partial charge >= 0.3 is 59.1 Å². The van der Waals surface area contributed by atoms with E-state index in [-0.39, 0.29) is 88.7 Å². The molecule has 0 amide bonds. The SMILES string of the molecule is C[C@]12CC[C@@H](OS(=O)(=O)[O-])C[C@H]1CC[C@@H]1[C@@H]2CC[C@@]2(C)[C@H]1CC[C@]2(O)C(=O)COS(=O)(=O)[O-].[Na+].[Na+]. The molecule has 0 spiro atoms. The Morgan fingerprint density at radius 3 is 2.14 bits per heavy atom. The van der Waals surface area contributed by atoms with Gasteiger partial charge in [-0.2, -0.15) is 0 Å². The van der Waals surface area contributed by atoms with Gasteiger partial charge in [0.2, 0.25) is 20.8 Å². The van der Waals surface area contributed by atoms with Crippen LogP contribution in [-0.2, 0) is 34.0 Å². The van der Waals surface area contributed by atoms with Crippen molar-refractivity contribution in [3.8, 4) is 0 Å². The van der Waals surface area contributed by atoms with Gasteiger partial charge in [0.15, 0.2) is 5.78 Å². The molecule has 0 radical (unpaired) electrons. The molecule has 4 fully saturated rings. The number of hydrogen-bond donors (Lipinski definition) is 1.